The quantitative estimate of drug-likeness (QED) is 0.104. The van der Waals surface area contributed by atoms with Crippen molar-refractivity contribution >= 4 is 117 Å². The van der Waals surface area contributed by atoms with Crippen LogP contribution in [0, 0.1) is 54.8 Å². The fourth-order valence-corrected chi connectivity index (χ4v) is 9.79. The minimum absolute atomic E-state index is 0.00924. The second kappa shape index (κ2) is 27.0. The first-order chi connectivity index (χ1) is 54.5. The molecule has 3 saturated heterocycles. The summed E-state index contributed by atoms with van der Waals surface area (Å²) in [6.07, 6.45) is -23.4. The Labute approximate surface area is 554 Å². The van der Waals surface area contributed by atoms with Crippen LogP contribution in [0.2, 0.25) is 17.2 Å². The van der Waals surface area contributed by atoms with E-state index in [9.17, 15) is 15.8 Å². The number of nitrogens with zero attached hydrogens (tertiary/aromatic N) is 12. The van der Waals surface area contributed by atoms with E-state index in [1.165, 1.54) is 42.5 Å². The number of fused-ring (bicyclic) bond motifs is 3. The average Bonchev–Trinajstić information content (AvgIpc) is 0.698. The van der Waals surface area contributed by atoms with Gasteiger partial charge in [-0.15, -0.1) is 34.0 Å². The second-order valence-corrected chi connectivity index (χ2v) is 21.1. The van der Waals surface area contributed by atoms with E-state index in [2.05, 4.69) is 29.9 Å². The number of aromatic nitrogens is 6. The van der Waals surface area contributed by atoms with Crippen molar-refractivity contribution in [3.8, 4) is 18.2 Å². The molecule has 81 heavy (non-hydrogen) atoms. The van der Waals surface area contributed by atoms with Crippen LogP contribution in [0.5, 0.6) is 0 Å². The number of likely N-dealkylation sites (tertiary alicyclic amines) is 3. The zero-order valence-electron chi connectivity index (χ0n) is 80.5. The summed E-state index contributed by atoms with van der Waals surface area (Å²) in [5.41, 5.74) is 0.883. The van der Waals surface area contributed by atoms with Gasteiger partial charge in [0.25, 0.3) is 0 Å². The van der Waals surface area contributed by atoms with Gasteiger partial charge in [-0.2, -0.15) is 15.8 Å². The lowest BCUT2D eigenvalue weighted by Crippen LogP contribution is -2.38. The van der Waals surface area contributed by atoms with Crippen LogP contribution in [-0.2, 0) is 19.5 Å². The first kappa shape index (κ1) is 26.8. The summed E-state index contributed by atoms with van der Waals surface area (Å²) in [6, 6.07) is 4.32. The SMILES string of the molecule is [2H]c1c(Cl)sc2ncnc(N([2H])C3([2H])C([2H])([2H])C([2H])([2H])N(C([2H])c4ccc(C)c(C#N)c4)C([2H])([2H])C3([2H])[2H])c12.[2H]c1nc(N([2H])C2([2H])C([2H])([2H])C([2H])([2H])N(C([2H])([2H])c3ccc(C)c(C#N)c3)C([2H])([2H])C2([2H])[2H])c2c([2H])c(Cl)sc2n1.[2H]c1nc(N([2H])C2([2H])C([2H])([2H])C([2H])([2H])N(C([2H])c3ccc(C)c(C#N)c3)C([2H])([2H])C2([2H])[2H])c2c([2H])c(Cl)sc2n1. The van der Waals surface area contributed by atoms with Crippen molar-refractivity contribution in [2.75, 3.05) is 54.9 Å². The highest BCUT2D eigenvalue weighted by Gasteiger charge is 2.24. The van der Waals surface area contributed by atoms with Gasteiger partial charge in [-0.1, -0.05) is 71.2 Å². The number of benzene rings is 3. The maximum Gasteiger partial charge on any atom is 0.162 e. The van der Waals surface area contributed by atoms with Gasteiger partial charge < -0.3 is 15.9 Å². The molecule has 3 fully saturated rings. The number of thiophene rings is 3. The van der Waals surface area contributed by atoms with Gasteiger partial charge in [-0.05, 0) is 129 Å². The summed E-state index contributed by atoms with van der Waals surface area (Å²) in [6.45, 7) is -24.8. The lowest BCUT2D eigenvalue weighted by molar-refractivity contribution is 0.211. The normalized spacial score (nSPS) is 32.4. The van der Waals surface area contributed by atoms with Gasteiger partial charge in [0.15, 0.2) is 4.24 Å². The number of anilines is 3. The minimum Gasteiger partial charge on any atom is -0.367 e. The van der Waals surface area contributed by atoms with Crippen molar-refractivity contribution in [2.24, 2.45) is 0 Å². The van der Waals surface area contributed by atoms with Gasteiger partial charge in [-0.25, -0.2) is 29.9 Å². The highest BCUT2D eigenvalue weighted by molar-refractivity contribution is 7.23. The average molecular weight is 1230 g/mol. The molecule has 6 aromatic heterocycles. The molecular weight excluding hydrogens is 1130 g/mol. The molecule has 12 rings (SSSR count). The Kier molecular flexibility index (Phi) is 8.91. The number of piperidine rings is 3. The molecule has 0 aliphatic carbocycles. The molecule has 0 radical (unpaired) electrons. The van der Waals surface area contributed by atoms with Crippen molar-refractivity contribution in [3.05, 3.63) is 155 Å². The van der Waals surface area contributed by atoms with Crippen molar-refractivity contribution < 1.29 is 53.6 Å². The van der Waals surface area contributed by atoms with E-state index >= 15 is 0 Å². The van der Waals surface area contributed by atoms with Crippen LogP contribution in [0.15, 0.2) is 91.7 Å². The highest BCUT2D eigenvalue weighted by Crippen LogP contribution is 2.35. The van der Waals surface area contributed by atoms with Crippen LogP contribution in [-0.4, -0.2) is 102 Å². The smallest absolute Gasteiger partial charge is 0.162 e. The standard InChI is InChI=1S/3C20H20ClN5S/c3*1-13-2-3-14(8-15(13)10-22)11-26-6-4-16(5-7-26)25-19-17-9-18(21)27-20(17)24-12-23-19/h3*2-3,8-9,12,16H,4-7,11H2,1H3,(H,23,24,25)/i4D2,5D2,6D2,7D2,9D,11D2,12D,16D;4D2,5D2,6D2,7D2,9D,11D,12D,16D;4D2,5D2,6D2,7D2,9D,11D,16D/hD3. The maximum absolute atomic E-state index is 9.39. The Hall–Kier alpha value is -6.60. The van der Waals surface area contributed by atoms with Crippen molar-refractivity contribution in [2.45, 2.75) is 96.6 Å². The summed E-state index contributed by atoms with van der Waals surface area (Å²) in [4.78, 5) is 22.3. The van der Waals surface area contributed by atoms with Crippen molar-refractivity contribution in [1.29, 1.82) is 15.8 Å². The monoisotopic (exact) mass is 1230 g/mol. The number of hydrogen-bond donors (Lipinski definition) is 3. The van der Waals surface area contributed by atoms with Gasteiger partial charge in [0, 0.05) is 115 Å². The summed E-state index contributed by atoms with van der Waals surface area (Å²) in [7, 11) is 0. The molecule has 3 aliphatic rings. The number of nitriles is 3. The molecule has 9 aromatic rings. The van der Waals surface area contributed by atoms with E-state index < -0.39 is 163 Å². The molecule has 414 valence electrons. The number of rotatable bonds is 12. The number of aryl methyl sites for hydroxylation is 3. The van der Waals surface area contributed by atoms with E-state index in [1.807, 2.05) is 18.2 Å². The number of hydrogen-bond acceptors (Lipinski definition) is 18. The van der Waals surface area contributed by atoms with Gasteiger partial charge >= 0.3 is 0 Å². The molecule has 0 spiro atoms. The third-order valence-electron chi connectivity index (χ3n) is 10.8. The van der Waals surface area contributed by atoms with Crippen LogP contribution in [0.25, 0.3) is 30.6 Å². The Morgan fingerprint density at radius 1 is 0.543 bits per heavy atom. The van der Waals surface area contributed by atoms with Gasteiger partial charge in [0.05, 0.1) is 72.3 Å². The Balaban J connectivity index is 0.000000189. The third kappa shape index (κ3) is 14.9. The Morgan fingerprint density at radius 3 is 1.28 bits per heavy atom. The van der Waals surface area contributed by atoms with Crippen LogP contribution in [0.3, 0.4) is 0 Å². The van der Waals surface area contributed by atoms with Crippen LogP contribution in [0.1, 0.15) is 138 Å². The highest BCUT2D eigenvalue weighted by atomic mass is 35.5. The van der Waals surface area contributed by atoms with Gasteiger partial charge in [0.1, 0.15) is 53.6 Å². The van der Waals surface area contributed by atoms with E-state index in [1.54, 1.807) is 20.8 Å². The molecule has 3 N–H and O–H groups in total. The lowest BCUT2D eigenvalue weighted by Gasteiger charge is -2.32. The van der Waals surface area contributed by atoms with Crippen LogP contribution in [0.4, 0.5) is 17.5 Å². The Morgan fingerprint density at radius 2 is 0.889 bits per heavy atom. The van der Waals surface area contributed by atoms with Crippen LogP contribution < -0.4 is 15.9 Å². The fourth-order valence-electron chi connectivity index (χ4n) is 6.88. The van der Waals surface area contributed by atoms with E-state index in [4.69, 9.17) is 88.4 Å². The Bertz CT molecular complexity index is 5670. The van der Waals surface area contributed by atoms with Crippen LogP contribution >= 0.6 is 68.8 Å². The molecule has 2 atom stereocenters. The topological polar surface area (TPSA) is 195 Å². The first-order valence-corrected chi connectivity index (χ1v) is 26.5. The number of nitrogens with one attached hydrogen (secondary N) is 3. The maximum atomic E-state index is 9.39. The predicted octanol–water partition coefficient (Wildman–Crippen LogP) is 13.8. The molecule has 2 unspecified atom stereocenters. The zero-order chi connectivity index (χ0) is 91.2. The lowest BCUT2D eigenvalue weighted by atomic mass is 10.0. The molecule has 3 aromatic carbocycles. The summed E-state index contributed by atoms with van der Waals surface area (Å²) in [5.74, 6) is -2.32. The third-order valence-corrected chi connectivity index (χ3v) is 14.1. The molecule has 0 amide bonds. The molecule has 3 aliphatic heterocycles. The largest absolute Gasteiger partial charge is 0.367 e. The molecule has 9 heterocycles. The first-order valence-electron chi connectivity index (χ1n) is 42.4. The molecule has 0 saturated carbocycles. The predicted molar refractivity (Wildman–Crippen MR) is 331 cm³/mol. The fraction of sp³-hybridized carbons (Fsp3) is 0.350. The number of halogens is 3. The molecule has 15 nitrogen and oxygen atoms in total. The summed E-state index contributed by atoms with van der Waals surface area (Å²) >= 11 is 20.3. The summed E-state index contributed by atoms with van der Waals surface area (Å²) < 4.78 is 336. The van der Waals surface area contributed by atoms with E-state index in [0.29, 0.717) is 28.0 Å². The minimum atomic E-state index is -3.92. The molecule has 0 bridgehead atoms. The molecule has 21 heteroatoms. The van der Waals surface area contributed by atoms with Crippen molar-refractivity contribution in [3.63, 3.8) is 0 Å². The van der Waals surface area contributed by atoms with Gasteiger partial charge in [0.2, 0.25) is 0 Å². The zero-order valence-corrected chi connectivity index (χ0v) is 46.2. The molecular formula is C60H60Cl3N15S3. The van der Waals surface area contributed by atoms with Crippen molar-refractivity contribution in [1.82, 2.24) is 44.6 Å². The van der Waals surface area contributed by atoms with Gasteiger partial charge in [-0.3, -0.25) is 14.7 Å². The summed E-state index contributed by atoms with van der Waals surface area (Å²) in [5, 5.41) is 26.7. The van der Waals surface area contributed by atoms with E-state index in [0.717, 1.165) is 41.1 Å². The van der Waals surface area contributed by atoms with E-state index in [-0.39, 0.29) is 108 Å². The second-order valence-electron chi connectivity index (χ2n) is 16.3.